The third-order valence-electron chi connectivity index (χ3n) is 2.99. The van der Waals surface area contributed by atoms with Gasteiger partial charge in [0.1, 0.15) is 0 Å². The lowest BCUT2D eigenvalue weighted by Gasteiger charge is -2.16. The Labute approximate surface area is 122 Å². The SMILES string of the molecule is CCCC(CCNS(=O)(=O)NCC(C)C)CCC(=O)O. The van der Waals surface area contributed by atoms with Crippen LogP contribution in [0.5, 0.6) is 0 Å². The summed E-state index contributed by atoms with van der Waals surface area (Å²) < 4.78 is 28.2. The third kappa shape index (κ3) is 11.2. The van der Waals surface area contributed by atoms with Gasteiger partial charge in [-0.15, -0.1) is 0 Å². The zero-order valence-electron chi connectivity index (χ0n) is 12.7. The van der Waals surface area contributed by atoms with Gasteiger partial charge in [-0.05, 0) is 24.7 Å². The van der Waals surface area contributed by atoms with Crippen LogP contribution in [0.25, 0.3) is 0 Å². The van der Waals surface area contributed by atoms with Gasteiger partial charge in [-0.3, -0.25) is 4.79 Å². The molecule has 7 heteroatoms. The fourth-order valence-corrected chi connectivity index (χ4v) is 2.94. The molecule has 0 aliphatic heterocycles. The second-order valence-corrected chi connectivity index (χ2v) is 7.10. The van der Waals surface area contributed by atoms with E-state index in [9.17, 15) is 13.2 Å². The standard InChI is InChI=1S/C13H28N2O4S/c1-4-5-12(6-7-13(16)17)8-9-14-20(18,19)15-10-11(2)3/h11-12,14-15H,4-10H2,1-3H3,(H,16,17). The van der Waals surface area contributed by atoms with Crippen molar-refractivity contribution in [1.29, 1.82) is 0 Å². The van der Waals surface area contributed by atoms with Gasteiger partial charge in [0.05, 0.1) is 0 Å². The summed E-state index contributed by atoms with van der Waals surface area (Å²) in [5.74, 6) is -0.288. The van der Waals surface area contributed by atoms with Crippen LogP contribution in [0.15, 0.2) is 0 Å². The molecule has 1 atom stereocenters. The average Bonchev–Trinajstić information content (AvgIpc) is 2.33. The number of hydrogen-bond donors (Lipinski definition) is 3. The molecule has 0 aliphatic rings. The highest BCUT2D eigenvalue weighted by Crippen LogP contribution is 2.17. The number of carboxylic acids is 1. The largest absolute Gasteiger partial charge is 0.481 e. The molecule has 0 spiro atoms. The van der Waals surface area contributed by atoms with E-state index in [1.165, 1.54) is 0 Å². The minimum Gasteiger partial charge on any atom is -0.481 e. The van der Waals surface area contributed by atoms with Crippen LogP contribution >= 0.6 is 0 Å². The number of carboxylic acid groups (broad SMARTS) is 1. The van der Waals surface area contributed by atoms with Crippen molar-refractivity contribution < 1.29 is 18.3 Å². The second kappa shape index (κ2) is 10.1. The van der Waals surface area contributed by atoms with Crippen molar-refractivity contribution in [2.24, 2.45) is 11.8 Å². The molecule has 0 radical (unpaired) electrons. The second-order valence-electron chi connectivity index (χ2n) is 5.52. The normalized spacial score (nSPS) is 13.6. The molecule has 3 N–H and O–H groups in total. The van der Waals surface area contributed by atoms with Gasteiger partial charge in [0.15, 0.2) is 0 Å². The fraction of sp³-hybridized carbons (Fsp3) is 0.923. The van der Waals surface area contributed by atoms with Gasteiger partial charge < -0.3 is 5.11 Å². The predicted octanol–water partition coefficient (Wildman–Crippen LogP) is 1.74. The van der Waals surface area contributed by atoms with Gasteiger partial charge in [-0.2, -0.15) is 8.42 Å². The Morgan fingerprint density at radius 1 is 1.15 bits per heavy atom. The van der Waals surface area contributed by atoms with E-state index in [0.29, 0.717) is 25.9 Å². The Morgan fingerprint density at radius 3 is 2.30 bits per heavy atom. The maximum absolute atomic E-state index is 11.6. The topological polar surface area (TPSA) is 95.5 Å². The van der Waals surface area contributed by atoms with Gasteiger partial charge >= 0.3 is 5.97 Å². The average molecular weight is 308 g/mol. The van der Waals surface area contributed by atoms with E-state index >= 15 is 0 Å². The Hall–Kier alpha value is -0.660. The van der Waals surface area contributed by atoms with Gasteiger partial charge in [-0.25, -0.2) is 9.44 Å². The number of nitrogens with one attached hydrogen (secondary N) is 2. The van der Waals surface area contributed by atoms with Crippen LogP contribution in [-0.4, -0.2) is 32.6 Å². The van der Waals surface area contributed by atoms with Crippen LogP contribution < -0.4 is 9.44 Å². The van der Waals surface area contributed by atoms with E-state index in [4.69, 9.17) is 5.11 Å². The summed E-state index contributed by atoms with van der Waals surface area (Å²) >= 11 is 0. The first kappa shape index (κ1) is 19.3. The fourth-order valence-electron chi connectivity index (χ4n) is 1.89. The van der Waals surface area contributed by atoms with Crippen LogP contribution in [0, 0.1) is 11.8 Å². The molecule has 6 nitrogen and oxygen atoms in total. The van der Waals surface area contributed by atoms with Crippen LogP contribution in [0.2, 0.25) is 0 Å². The van der Waals surface area contributed by atoms with Crippen molar-refractivity contribution in [3.63, 3.8) is 0 Å². The van der Waals surface area contributed by atoms with Gasteiger partial charge in [0.2, 0.25) is 0 Å². The quantitative estimate of drug-likeness (QED) is 0.512. The predicted molar refractivity (Wildman–Crippen MR) is 79.6 cm³/mol. The number of rotatable bonds is 12. The number of carbonyl (C=O) groups is 1. The van der Waals surface area contributed by atoms with E-state index in [-0.39, 0.29) is 18.3 Å². The molecule has 20 heavy (non-hydrogen) atoms. The van der Waals surface area contributed by atoms with E-state index in [0.717, 1.165) is 12.8 Å². The molecule has 120 valence electrons. The Bertz CT molecular complexity index is 369. The number of hydrogen-bond acceptors (Lipinski definition) is 3. The summed E-state index contributed by atoms with van der Waals surface area (Å²) in [5, 5.41) is 8.69. The molecular weight excluding hydrogens is 280 g/mol. The van der Waals surface area contributed by atoms with Crippen molar-refractivity contribution in [2.75, 3.05) is 13.1 Å². The molecule has 0 rings (SSSR count). The van der Waals surface area contributed by atoms with Crippen LogP contribution in [0.1, 0.15) is 52.9 Å². The smallest absolute Gasteiger partial charge is 0.303 e. The Kier molecular flexibility index (Phi) is 9.79. The van der Waals surface area contributed by atoms with Crippen LogP contribution in [-0.2, 0) is 15.0 Å². The highest BCUT2D eigenvalue weighted by molar-refractivity contribution is 7.87. The zero-order valence-corrected chi connectivity index (χ0v) is 13.5. The molecule has 0 heterocycles. The molecule has 0 aliphatic carbocycles. The summed E-state index contributed by atoms with van der Waals surface area (Å²) in [6.45, 7) is 6.67. The first-order valence-corrected chi connectivity index (χ1v) is 8.71. The molecule has 0 amide bonds. The molecule has 0 fully saturated rings. The lowest BCUT2D eigenvalue weighted by molar-refractivity contribution is -0.137. The molecule has 0 saturated carbocycles. The molecule has 0 saturated heterocycles. The van der Waals surface area contributed by atoms with Crippen molar-refractivity contribution >= 4 is 16.2 Å². The highest BCUT2D eigenvalue weighted by atomic mass is 32.2. The van der Waals surface area contributed by atoms with Gasteiger partial charge in [0.25, 0.3) is 10.2 Å². The van der Waals surface area contributed by atoms with E-state index in [2.05, 4.69) is 9.44 Å². The van der Waals surface area contributed by atoms with Gasteiger partial charge in [-0.1, -0.05) is 33.6 Å². The lowest BCUT2D eigenvalue weighted by atomic mass is 9.95. The summed E-state index contributed by atoms with van der Waals surface area (Å²) in [7, 11) is -3.43. The maximum Gasteiger partial charge on any atom is 0.303 e. The van der Waals surface area contributed by atoms with E-state index in [1.54, 1.807) is 0 Å². The Balaban J connectivity index is 4.05. The molecular formula is C13H28N2O4S. The minimum absolute atomic E-state index is 0.142. The molecule has 0 aromatic heterocycles. The van der Waals surface area contributed by atoms with Gasteiger partial charge in [0, 0.05) is 19.5 Å². The molecule has 0 aromatic rings. The summed E-state index contributed by atoms with van der Waals surface area (Å²) in [6, 6.07) is 0. The van der Waals surface area contributed by atoms with Crippen molar-refractivity contribution in [2.45, 2.75) is 52.9 Å². The minimum atomic E-state index is -3.43. The summed E-state index contributed by atoms with van der Waals surface area (Å²) in [6.07, 6.45) is 3.31. The van der Waals surface area contributed by atoms with Crippen molar-refractivity contribution in [3.05, 3.63) is 0 Å². The molecule has 0 aromatic carbocycles. The van der Waals surface area contributed by atoms with Crippen molar-refractivity contribution in [1.82, 2.24) is 9.44 Å². The summed E-state index contributed by atoms with van der Waals surface area (Å²) in [5.41, 5.74) is 0. The Morgan fingerprint density at radius 2 is 1.80 bits per heavy atom. The first-order chi connectivity index (χ1) is 9.26. The number of aliphatic carboxylic acids is 1. The van der Waals surface area contributed by atoms with Crippen molar-refractivity contribution in [3.8, 4) is 0 Å². The van der Waals surface area contributed by atoms with E-state index in [1.807, 2.05) is 20.8 Å². The van der Waals surface area contributed by atoms with Crippen LogP contribution in [0.3, 0.4) is 0 Å². The highest BCUT2D eigenvalue weighted by Gasteiger charge is 2.13. The maximum atomic E-state index is 11.6. The summed E-state index contributed by atoms with van der Waals surface area (Å²) in [4.78, 5) is 10.6. The monoisotopic (exact) mass is 308 g/mol. The zero-order chi connectivity index (χ0) is 15.6. The lowest BCUT2D eigenvalue weighted by Crippen LogP contribution is -2.39. The molecule has 1 unspecified atom stereocenters. The van der Waals surface area contributed by atoms with Crippen LogP contribution in [0.4, 0.5) is 0 Å². The molecule has 0 bridgehead atoms. The van der Waals surface area contributed by atoms with E-state index < -0.39 is 16.2 Å². The third-order valence-corrected chi connectivity index (χ3v) is 4.12. The first-order valence-electron chi connectivity index (χ1n) is 7.22.